The minimum Gasteiger partial charge on any atom is -0.384 e. The van der Waals surface area contributed by atoms with Crippen molar-refractivity contribution in [3.63, 3.8) is 0 Å². The Hall–Kier alpha value is -1.78. The van der Waals surface area contributed by atoms with Gasteiger partial charge in [0.2, 0.25) is 11.9 Å². The second-order valence-corrected chi connectivity index (χ2v) is 3.38. The Balaban J connectivity index is 2.38. The number of nitrogen functional groups attached to an aromatic ring is 1. The highest BCUT2D eigenvalue weighted by Gasteiger charge is 2.19. The zero-order chi connectivity index (χ0) is 11.0. The van der Waals surface area contributed by atoms with E-state index in [9.17, 15) is 8.78 Å². The average Bonchev–Trinajstić information content (AvgIpc) is 2.46. The fraction of sp³-hybridized carbons (Fsp3) is 0.200. The fourth-order valence-corrected chi connectivity index (χ4v) is 1.40. The third-order valence-electron chi connectivity index (χ3n) is 2.20. The first-order valence-electron chi connectivity index (χ1n) is 4.43. The SMILES string of the molecule is CC1=C(F)N=C(c2ccc(N)nc2F)C1. The van der Waals surface area contributed by atoms with Crippen LogP contribution in [0.25, 0.3) is 0 Å². The lowest BCUT2D eigenvalue weighted by atomic mass is 10.1. The first-order chi connectivity index (χ1) is 7.08. The van der Waals surface area contributed by atoms with Crippen LogP contribution in [0.4, 0.5) is 14.6 Å². The molecule has 0 aromatic carbocycles. The van der Waals surface area contributed by atoms with Crippen LogP contribution in [0.2, 0.25) is 0 Å². The Morgan fingerprint density at radius 3 is 2.60 bits per heavy atom. The number of hydrogen-bond acceptors (Lipinski definition) is 3. The van der Waals surface area contributed by atoms with Crippen molar-refractivity contribution in [1.29, 1.82) is 0 Å². The quantitative estimate of drug-likeness (QED) is 0.569. The summed E-state index contributed by atoms with van der Waals surface area (Å²) in [5.41, 5.74) is 6.37. The van der Waals surface area contributed by atoms with E-state index in [1.54, 1.807) is 6.92 Å². The molecular formula is C10H9F2N3. The molecule has 1 aliphatic rings. The van der Waals surface area contributed by atoms with E-state index in [2.05, 4.69) is 9.98 Å². The molecule has 0 saturated carbocycles. The first-order valence-corrected chi connectivity index (χ1v) is 4.43. The van der Waals surface area contributed by atoms with Gasteiger partial charge in [0.1, 0.15) is 5.82 Å². The van der Waals surface area contributed by atoms with Gasteiger partial charge < -0.3 is 5.73 Å². The van der Waals surface area contributed by atoms with Crippen LogP contribution in [0, 0.1) is 5.95 Å². The summed E-state index contributed by atoms with van der Waals surface area (Å²) in [5, 5.41) is 0. The van der Waals surface area contributed by atoms with Crippen molar-refractivity contribution >= 4 is 11.5 Å². The van der Waals surface area contributed by atoms with Crippen molar-refractivity contribution in [2.45, 2.75) is 13.3 Å². The summed E-state index contributed by atoms with van der Waals surface area (Å²) in [4.78, 5) is 7.10. The van der Waals surface area contributed by atoms with Crippen LogP contribution < -0.4 is 5.73 Å². The molecule has 0 saturated heterocycles. The van der Waals surface area contributed by atoms with Gasteiger partial charge in [0.15, 0.2) is 0 Å². The second kappa shape index (κ2) is 3.42. The normalized spacial score (nSPS) is 15.8. The Morgan fingerprint density at radius 1 is 1.33 bits per heavy atom. The molecular weight excluding hydrogens is 200 g/mol. The van der Waals surface area contributed by atoms with E-state index in [-0.39, 0.29) is 11.4 Å². The number of pyridine rings is 1. The van der Waals surface area contributed by atoms with Crippen LogP contribution >= 0.6 is 0 Å². The number of nitrogens with zero attached hydrogens (tertiary/aromatic N) is 2. The van der Waals surface area contributed by atoms with Crippen LogP contribution in [0.15, 0.2) is 28.6 Å². The summed E-state index contributed by atoms with van der Waals surface area (Å²) in [6.45, 7) is 1.62. The highest BCUT2D eigenvalue weighted by atomic mass is 19.1. The van der Waals surface area contributed by atoms with Crippen LogP contribution in [-0.2, 0) is 0 Å². The summed E-state index contributed by atoms with van der Waals surface area (Å²) in [7, 11) is 0. The van der Waals surface area contributed by atoms with Gasteiger partial charge in [-0.3, -0.25) is 0 Å². The van der Waals surface area contributed by atoms with Crippen molar-refractivity contribution in [2.24, 2.45) is 4.99 Å². The highest BCUT2D eigenvalue weighted by molar-refractivity contribution is 6.04. The largest absolute Gasteiger partial charge is 0.384 e. The van der Waals surface area contributed by atoms with Crippen LogP contribution in [0.5, 0.6) is 0 Å². The van der Waals surface area contributed by atoms with Gasteiger partial charge in [-0.05, 0) is 24.6 Å². The van der Waals surface area contributed by atoms with Gasteiger partial charge in [-0.1, -0.05) is 0 Å². The molecule has 0 atom stereocenters. The van der Waals surface area contributed by atoms with Crippen molar-refractivity contribution in [3.8, 4) is 0 Å². The number of aliphatic imine (C=N–C) groups is 1. The minimum atomic E-state index is -0.712. The Morgan fingerprint density at radius 2 is 2.07 bits per heavy atom. The van der Waals surface area contributed by atoms with Crippen molar-refractivity contribution in [1.82, 2.24) is 4.98 Å². The monoisotopic (exact) mass is 209 g/mol. The van der Waals surface area contributed by atoms with Gasteiger partial charge in [-0.15, -0.1) is 0 Å². The van der Waals surface area contributed by atoms with Crippen LogP contribution in [0.1, 0.15) is 18.9 Å². The van der Waals surface area contributed by atoms with E-state index < -0.39 is 11.9 Å². The van der Waals surface area contributed by atoms with E-state index in [0.717, 1.165) is 0 Å². The lowest BCUT2D eigenvalue weighted by Crippen LogP contribution is -2.05. The number of allylic oxidation sites excluding steroid dienone is 1. The number of nitrogens with two attached hydrogens (primary N) is 1. The molecule has 0 bridgehead atoms. The number of hydrogen-bond donors (Lipinski definition) is 1. The molecule has 0 radical (unpaired) electrons. The highest BCUT2D eigenvalue weighted by Crippen LogP contribution is 2.24. The molecule has 3 nitrogen and oxygen atoms in total. The van der Waals surface area contributed by atoms with Gasteiger partial charge >= 0.3 is 0 Å². The number of halogens is 2. The molecule has 1 aliphatic heterocycles. The molecule has 2 heterocycles. The maximum absolute atomic E-state index is 13.3. The Labute approximate surface area is 85.3 Å². The zero-order valence-corrected chi connectivity index (χ0v) is 8.09. The molecule has 0 fully saturated rings. The van der Waals surface area contributed by atoms with Crippen molar-refractivity contribution < 1.29 is 8.78 Å². The van der Waals surface area contributed by atoms with Crippen molar-refractivity contribution in [2.75, 3.05) is 5.73 Å². The lowest BCUT2D eigenvalue weighted by molar-refractivity contribution is 0.583. The molecule has 1 aromatic heterocycles. The first kappa shape index (κ1) is 9.76. The standard InChI is InChI=1S/C10H9F2N3/c1-5-4-7(14-9(5)11)6-2-3-8(13)15-10(6)12/h2-3H,4H2,1H3,(H2,13,15). The van der Waals surface area contributed by atoms with Crippen LogP contribution in [-0.4, -0.2) is 10.7 Å². The third kappa shape index (κ3) is 1.72. The van der Waals surface area contributed by atoms with Gasteiger partial charge in [-0.25, -0.2) is 9.98 Å². The summed E-state index contributed by atoms with van der Waals surface area (Å²) >= 11 is 0. The molecule has 5 heteroatoms. The molecule has 78 valence electrons. The molecule has 15 heavy (non-hydrogen) atoms. The molecule has 0 spiro atoms. The maximum Gasteiger partial charge on any atom is 0.223 e. The van der Waals surface area contributed by atoms with E-state index >= 15 is 0 Å². The zero-order valence-electron chi connectivity index (χ0n) is 8.09. The van der Waals surface area contributed by atoms with Gasteiger partial charge in [0.25, 0.3) is 0 Å². The predicted octanol–water partition coefficient (Wildman–Crippen LogP) is 2.20. The number of anilines is 1. The molecule has 0 unspecified atom stereocenters. The smallest absolute Gasteiger partial charge is 0.223 e. The van der Waals surface area contributed by atoms with Crippen molar-refractivity contribution in [3.05, 3.63) is 35.2 Å². The Kier molecular flexibility index (Phi) is 2.22. The summed E-state index contributed by atoms with van der Waals surface area (Å²) < 4.78 is 26.3. The second-order valence-electron chi connectivity index (χ2n) is 3.38. The minimum absolute atomic E-state index is 0.0972. The average molecular weight is 209 g/mol. The summed E-state index contributed by atoms with van der Waals surface area (Å²) in [5.74, 6) is -1.16. The predicted molar refractivity (Wildman–Crippen MR) is 53.6 cm³/mol. The van der Waals surface area contributed by atoms with Gasteiger partial charge in [0.05, 0.1) is 11.3 Å². The van der Waals surface area contributed by atoms with E-state index in [4.69, 9.17) is 5.73 Å². The van der Waals surface area contributed by atoms with E-state index in [0.29, 0.717) is 17.7 Å². The fourth-order valence-electron chi connectivity index (χ4n) is 1.40. The summed E-state index contributed by atoms with van der Waals surface area (Å²) in [6, 6.07) is 2.93. The Bertz CT molecular complexity index is 478. The molecule has 2 N–H and O–H groups in total. The van der Waals surface area contributed by atoms with Gasteiger partial charge in [0, 0.05) is 6.42 Å². The summed E-state index contributed by atoms with van der Waals surface area (Å²) in [6.07, 6.45) is 0.314. The lowest BCUT2D eigenvalue weighted by Gasteiger charge is -2.02. The van der Waals surface area contributed by atoms with Gasteiger partial charge in [-0.2, -0.15) is 8.78 Å². The number of rotatable bonds is 1. The maximum atomic E-state index is 13.3. The topological polar surface area (TPSA) is 51.3 Å². The van der Waals surface area contributed by atoms with E-state index in [1.165, 1.54) is 12.1 Å². The number of aromatic nitrogens is 1. The molecule has 0 aliphatic carbocycles. The molecule has 0 amide bonds. The third-order valence-corrected chi connectivity index (χ3v) is 2.20. The van der Waals surface area contributed by atoms with E-state index in [1.807, 2.05) is 0 Å². The molecule has 2 rings (SSSR count). The van der Waals surface area contributed by atoms with Crippen LogP contribution in [0.3, 0.4) is 0 Å². The molecule has 1 aromatic rings.